The van der Waals surface area contributed by atoms with E-state index in [4.69, 9.17) is 5.11 Å². The van der Waals surface area contributed by atoms with Crippen molar-refractivity contribution in [2.45, 2.75) is 12.5 Å². The van der Waals surface area contributed by atoms with Gasteiger partial charge in [0, 0.05) is 25.5 Å². The standard InChI is InChI=1S/C13H19N3O4/c1-13(20,11(17)18)8-14-12(19)15-9-5-4-6-10(7-9)16(2)3/h4-7,20H,8H2,1-3H3,(H,17,18)(H2,14,15,19). The molecule has 0 fully saturated rings. The first-order chi connectivity index (χ1) is 9.22. The number of hydrogen-bond acceptors (Lipinski definition) is 4. The lowest BCUT2D eigenvalue weighted by molar-refractivity contribution is -0.155. The van der Waals surface area contributed by atoms with Gasteiger partial charge in [0.15, 0.2) is 5.60 Å². The van der Waals surface area contributed by atoms with Crippen LogP contribution >= 0.6 is 0 Å². The van der Waals surface area contributed by atoms with E-state index in [1.54, 1.807) is 18.2 Å². The Hall–Kier alpha value is -2.28. The molecule has 20 heavy (non-hydrogen) atoms. The quantitative estimate of drug-likeness (QED) is 0.636. The third-order valence-corrected chi connectivity index (χ3v) is 2.67. The third-order valence-electron chi connectivity index (χ3n) is 2.67. The Bertz CT molecular complexity index is 500. The average molecular weight is 281 g/mol. The molecule has 1 aromatic rings. The number of carboxylic acids is 1. The van der Waals surface area contributed by atoms with Crippen molar-refractivity contribution in [3.63, 3.8) is 0 Å². The van der Waals surface area contributed by atoms with E-state index in [2.05, 4.69) is 10.6 Å². The van der Waals surface area contributed by atoms with Crippen LogP contribution in [0.2, 0.25) is 0 Å². The molecule has 4 N–H and O–H groups in total. The summed E-state index contributed by atoms with van der Waals surface area (Å²) >= 11 is 0. The average Bonchev–Trinajstić information content (AvgIpc) is 2.36. The lowest BCUT2D eigenvalue weighted by Crippen LogP contribution is -2.47. The lowest BCUT2D eigenvalue weighted by Gasteiger charge is -2.19. The highest BCUT2D eigenvalue weighted by atomic mass is 16.4. The summed E-state index contributed by atoms with van der Waals surface area (Å²) in [6.45, 7) is 0.726. The Morgan fingerprint density at radius 1 is 1.35 bits per heavy atom. The van der Waals surface area contributed by atoms with Gasteiger partial charge in [0.05, 0.1) is 6.54 Å². The fourth-order valence-electron chi connectivity index (χ4n) is 1.37. The molecule has 1 atom stereocenters. The predicted molar refractivity (Wildman–Crippen MR) is 76.1 cm³/mol. The summed E-state index contributed by atoms with van der Waals surface area (Å²) in [5.41, 5.74) is -0.507. The molecule has 0 saturated carbocycles. The summed E-state index contributed by atoms with van der Waals surface area (Å²) in [5, 5.41) is 23.1. The van der Waals surface area contributed by atoms with E-state index >= 15 is 0 Å². The molecular weight excluding hydrogens is 262 g/mol. The molecule has 1 aromatic carbocycles. The van der Waals surface area contributed by atoms with Gasteiger partial charge >= 0.3 is 12.0 Å². The van der Waals surface area contributed by atoms with Gasteiger partial charge in [0.25, 0.3) is 0 Å². The predicted octanol–water partition coefficient (Wildman–Crippen LogP) is 0.710. The van der Waals surface area contributed by atoms with Crippen LogP contribution in [-0.4, -0.2) is 48.5 Å². The molecule has 0 aliphatic carbocycles. The minimum Gasteiger partial charge on any atom is -0.479 e. The summed E-state index contributed by atoms with van der Waals surface area (Å²) in [6, 6.07) is 6.58. The van der Waals surface area contributed by atoms with Crippen molar-refractivity contribution in [3.8, 4) is 0 Å². The molecular formula is C13H19N3O4. The van der Waals surface area contributed by atoms with Gasteiger partial charge in [-0.05, 0) is 25.1 Å². The van der Waals surface area contributed by atoms with Crippen molar-refractivity contribution in [1.29, 1.82) is 0 Å². The summed E-state index contributed by atoms with van der Waals surface area (Å²) in [7, 11) is 3.76. The van der Waals surface area contributed by atoms with Crippen molar-refractivity contribution in [2.75, 3.05) is 30.9 Å². The number of carboxylic acid groups (broad SMARTS) is 1. The van der Waals surface area contributed by atoms with E-state index in [9.17, 15) is 14.7 Å². The fourth-order valence-corrected chi connectivity index (χ4v) is 1.37. The van der Waals surface area contributed by atoms with Crippen molar-refractivity contribution >= 4 is 23.4 Å². The minimum absolute atomic E-state index is 0.387. The summed E-state index contributed by atoms with van der Waals surface area (Å²) in [4.78, 5) is 24.2. The second-order valence-corrected chi connectivity index (χ2v) is 4.83. The number of rotatable bonds is 5. The van der Waals surface area contributed by atoms with E-state index < -0.39 is 17.6 Å². The second kappa shape index (κ2) is 6.25. The Morgan fingerprint density at radius 2 is 2.00 bits per heavy atom. The molecule has 1 rings (SSSR count). The molecule has 0 aliphatic rings. The zero-order chi connectivity index (χ0) is 15.3. The number of anilines is 2. The van der Waals surface area contributed by atoms with Gasteiger partial charge < -0.3 is 25.7 Å². The molecule has 0 bridgehead atoms. The van der Waals surface area contributed by atoms with E-state index in [1.807, 2.05) is 25.1 Å². The number of nitrogens with one attached hydrogen (secondary N) is 2. The van der Waals surface area contributed by atoms with Crippen LogP contribution in [0.4, 0.5) is 16.2 Å². The van der Waals surface area contributed by atoms with Gasteiger partial charge in [0.1, 0.15) is 0 Å². The largest absolute Gasteiger partial charge is 0.479 e. The number of amides is 2. The Labute approximate surface area is 117 Å². The van der Waals surface area contributed by atoms with E-state index in [0.29, 0.717) is 5.69 Å². The molecule has 0 spiro atoms. The number of nitrogens with zero attached hydrogens (tertiary/aromatic N) is 1. The molecule has 110 valence electrons. The number of carbonyl (C=O) groups is 2. The highest BCUT2D eigenvalue weighted by Gasteiger charge is 2.30. The normalized spacial score (nSPS) is 13.2. The summed E-state index contributed by atoms with van der Waals surface area (Å²) < 4.78 is 0. The van der Waals surface area contributed by atoms with Gasteiger partial charge in [-0.15, -0.1) is 0 Å². The maximum atomic E-state index is 11.6. The van der Waals surface area contributed by atoms with Crippen LogP contribution < -0.4 is 15.5 Å². The van der Waals surface area contributed by atoms with E-state index in [1.165, 1.54) is 0 Å². The first kappa shape index (κ1) is 15.8. The van der Waals surface area contributed by atoms with Gasteiger partial charge in [0.2, 0.25) is 0 Å². The van der Waals surface area contributed by atoms with Crippen LogP contribution in [0.25, 0.3) is 0 Å². The molecule has 0 heterocycles. The van der Waals surface area contributed by atoms with Gasteiger partial charge in [-0.2, -0.15) is 0 Å². The molecule has 0 aromatic heterocycles. The highest BCUT2D eigenvalue weighted by molar-refractivity contribution is 5.90. The molecule has 7 nitrogen and oxygen atoms in total. The Balaban J connectivity index is 2.59. The number of benzene rings is 1. The van der Waals surface area contributed by atoms with E-state index in [-0.39, 0.29) is 6.54 Å². The van der Waals surface area contributed by atoms with Gasteiger partial charge in [-0.25, -0.2) is 9.59 Å². The van der Waals surface area contributed by atoms with Crippen molar-refractivity contribution in [1.82, 2.24) is 5.32 Å². The molecule has 0 saturated heterocycles. The zero-order valence-corrected chi connectivity index (χ0v) is 11.7. The SMILES string of the molecule is CN(C)c1cccc(NC(=O)NCC(C)(O)C(=O)O)c1. The van der Waals surface area contributed by atoms with Crippen molar-refractivity contribution < 1.29 is 19.8 Å². The lowest BCUT2D eigenvalue weighted by atomic mass is 10.1. The summed E-state index contributed by atoms with van der Waals surface area (Å²) in [6.07, 6.45) is 0. The molecule has 1 unspecified atom stereocenters. The zero-order valence-electron chi connectivity index (χ0n) is 11.7. The molecule has 2 amide bonds. The van der Waals surface area contributed by atoms with Crippen LogP contribution in [0.15, 0.2) is 24.3 Å². The first-order valence-corrected chi connectivity index (χ1v) is 6.00. The number of hydrogen-bond donors (Lipinski definition) is 4. The second-order valence-electron chi connectivity index (χ2n) is 4.83. The smallest absolute Gasteiger partial charge is 0.337 e. The monoisotopic (exact) mass is 281 g/mol. The van der Waals surface area contributed by atoms with Crippen LogP contribution in [-0.2, 0) is 4.79 Å². The van der Waals surface area contributed by atoms with Crippen molar-refractivity contribution in [2.24, 2.45) is 0 Å². The maximum absolute atomic E-state index is 11.6. The molecule has 0 aliphatic heterocycles. The Morgan fingerprint density at radius 3 is 2.55 bits per heavy atom. The molecule has 7 heteroatoms. The number of urea groups is 1. The third kappa shape index (κ3) is 4.43. The van der Waals surface area contributed by atoms with Crippen LogP contribution in [0, 0.1) is 0 Å². The van der Waals surface area contributed by atoms with Gasteiger partial charge in [-0.3, -0.25) is 0 Å². The van der Waals surface area contributed by atoms with Crippen LogP contribution in [0.5, 0.6) is 0 Å². The number of aliphatic hydroxyl groups is 1. The number of carbonyl (C=O) groups excluding carboxylic acids is 1. The highest BCUT2D eigenvalue weighted by Crippen LogP contribution is 2.17. The fraction of sp³-hybridized carbons (Fsp3) is 0.385. The van der Waals surface area contributed by atoms with E-state index in [0.717, 1.165) is 12.6 Å². The minimum atomic E-state index is -2.00. The van der Waals surface area contributed by atoms with Crippen molar-refractivity contribution in [3.05, 3.63) is 24.3 Å². The summed E-state index contributed by atoms with van der Waals surface area (Å²) in [5.74, 6) is -1.40. The first-order valence-electron chi connectivity index (χ1n) is 6.00. The Kier molecular flexibility index (Phi) is 4.93. The maximum Gasteiger partial charge on any atom is 0.337 e. The van der Waals surface area contributed by atoms with Gasteiger partial charge in [-0.1, -0.05) is 6.07 Å². The molecule has 0 radical (unpaired) electrons. The van der Waals surface area contributed by atoms with Crippen LogP contribution in [0.1, 0.15) is 6.92 Å². The number of aliphatic carboxylic acids is 1. The topological polar surface area (TPSA) is 102 Å². The van der Waals surface area contributed by atoms with Crippen LogP contribution in [0.3, 0.4) is 0 Å².